The number of aromatic nitrogens is 3. The summed E-state index contributed by atoms with van der Waals surface area (Å²) in [4.78, 5) is 16.0. The third kappa shape index (κ3) is 5.79. The molecule has 42 heavy (non-hydrogen) atoms. The van der Waals surface area contributed by atoms with Gasteiger partial charge in [0.25, 0.3) is 0 Å². The standard InChI is InChI=1S/C30H24F2N4O4S2/c31-21-3-1-2-19(14-21)23-15-20(8-11-25(23)32)28-24(12-17-6-9-22(10-7-17)42(33,39)40)27(13-18-4-5-18)36(35-28)30-34-26(16-41-30)29(37)38/h1-3,6-11,14-16,18H,4-5,12-13H2,(H3-,33,37,38,39,40)/p+1. The first-order valence-electron chi connectivity index (χ1n) is 13.1. The summed E-state index contributed by atoms with van der Waals surface area (Å²) in [6, 6.07) is 16.7. The van der Waals surface area contributed by atoms with E-state index in [1.807, 2.05) is 0 Å². The quantitative estimate of drug-likeness (QED) is 0.167. The summed E-state index contributed by atoms with van der Waals surface area (Å²) in [6.07, 6.45) is 3.15. The minimum atomic E-state index is -3.62. The van der Waals surface area contributed by atoms with Crippen molar-refractivity contribution in [1.82, 2.24) is 14.8 Å². The number of hydrogen-bond donors (Lipinski definition) is 3. The van der Waals surface area contributed by atoms with Gasteiger partial charge < -0.3 is 5.11 Å². The molecular formula is C30H25F2N4O4S2+. The smallest absolute Gasteiger partial charge is 0.355 e. The van der Waals surface area contributed by atoms with Gasteiger partial charge in [0.05, 0.1) is 11.4 Å². The molecule has 5 aromatic rings. The lowest BCUT2D eigenvalue weighted by Crippen LogP contribution is -2.20. The zero-order valence-corrected chi connectivity index (χ0v) is 23.7. The van der Waals surface area contributed by atoms with Gasteiger partial charge >= 0.3 is 16.4 Å². The third-order valence-electron chi connectivity index (χ3n) is 7.18. The van der Waals surface area contributed by atoms with Crippen LogP contribution in [-0.4, -0.2) is 30.4 Å². The van der Waals surface area contributed by atoms with Gasteiger partial charge in [0.15, 0.2) is 5.69 Å². The third-order valence-corrected chi connectivity index (χ3v) is 8.94. The molecule has 2 heterocycles. The molecule has 214 valence electrons. The lowest BCUT2D eigenvalue weighted by molar-refractivity contribution is 0.0691. The molecule has 0 radical (unpaired) electrons. The Morgan fingerprint density at radius 3 is 2.48 bits per heavy atom. The molecular weight excluding hydrogens is 582 g/mol. The van der Waals surface area contributed by atoms with Crippen LogP contribution in [0.5, 0.6) is 0 Å². The molecule has 1 fully saturated rings. The molecule has 2 aromatic heterocycles. The molecule has 1 saturated carbocycles. The molecule has 0 spiro atoms. The summed E-state index contributed by atoms with van der Waals surface area (Å²) in [7, 11) is -3.62. The van der Waals surface area contributed by atoms with Crippen molar-refractivity contribution in [2.75, 3.05) is 0 Å². The zero-order valence-electron chi connectivity index (χ0n) is 22.0. The maximum absolute atomic E-state index is 15.0. The number of carboxylic acids is 1. The fraction of sp³-hybridized carbons (Fsp3) is 0.167. The number of thiazole rings is 1. The molecule has 1 aliphatic carbocycles. The van der Waals surface area contributed by atoms with E-state index in [2.05, 4.69) is 4.98 Å². The zero-order chi connectivity index (χ0) is 29.6. The van der Waals surface area contributed by atoms with Gasteiger partial charge in [-0.1, -0.05) is 24.3 Å². The molecule has 0 amide bonds. The van der Waals surface area contributed by atoms with Gasteiger partial charge in [-0.2, -0.15) is 9.65 Å². The highest BCUT2D eigenvalue weighted by Crippen LogP contribution is 2.39. The van der Waals surface area contributed by atoms with Gasteiger partial charge in [0.2, 0.25) is 10.0 Å². The van der Waals surface area contributed by atoms with Crippen molar-refractivity contribution in [3.63, 3.8) is 0 Å². The second kappa shape index (κ2) is 11.0. The molecule has 1 atom stereocenters. The van der Waals surface area contributed by atoms with Crippen molar-refractivity contribution >= 4 is 27.7 Å². The number of carboxylic acid groups (broad SMARTS) is 1. The highest BCUT2D eigenvalue weighted by atomic mass is 32.3. The van der Waals surface area contributed by atoms with Gasteiger partial charge in [-0.15, -0.1) is 16.5 Å². The van der Waals surface area contributed by atoms with Gasteiger partial charge in [-0.3, -0.25) is 0 Å². The number of halogens is 2. The van der Waals surface area contributed by atoms with Crippen LogP contribution in [0.3, 0.4) is 0 Å². The van der Waals surface area contributed by atoms with E-state index in [4.69, 9.17) is 10.2 Å². The second-order valence-electron chi connectivity index (χ2n) is 10.2. The maximum atomic E-state index is 15.0. The summed E-state index contributed by atoms with van der Waals surface area (Å²) in [6.45, 7) is 0. The van der Waals surface area contributed by atoms with Crippen molar-refractivity contribution in [3.8, 4) is 27.5 Å². The molecule has 6 rings (SSSR count). The largest absolute Gasteiger partial charge is 0.476 e. The monoisotopic (exact) mass is 607 g/mol. The minimum Gasteiger partial charge on any atom is -0.476 e. The minimum absolute atomic E-state index is 0.0916. The molecule has 1 unspecified atom stereocenters. The lowest BCUT2D eigenvalue weighted by atomic mass is 9.95. The van der Waals surface area contributed by atoms with Crippen molar-refractivity contribution < 1.29 is 27.4 Å². The Hall–Kier alpha value is -4.10. The maximum Gasteiger partial charge on any atom is 0.355 e. The summed E-state index contributed by atoms with van der Waals surface area (Å²) in [5.41, 5.74) is 4.13. The van der Waals surface area contributed by atoms with Gasteiger partial charge in [-0.25, -0.2) is 23.2 Å². The lowest BCUT2D eigenvalue weighted by Gasteiger charge is -2.10. The number of hydrogen-bond acceptors (Lipinski definition) is 5. The van der Waals surface area contributed by atoms with Crippen molar-refractivity contribution in [1.29, 1.82) is 0 Å². The van der Waals surface area contributed by atoms with E-state index in [1.165, 1.54) is 41.8 Å². The Kier molecular flexibility index (Phi) is 7.31. The fourth-order valence-electron chi connectivity index (χ4n) is 4.88. The predicted molar refractivity (Wildman–Crippen MR) is 156 cm³/mol. The predicted octanol–water partition coefficient (Wildman–Crippen LogP) is 6.39. The summed E-state index contributed by atoms with van der Waals surface area (Å²) >= 11 is 1.16. The van der Waals surface area contributed by atoms with Crippen LogP contribution in [0.1, 0.15) is 40.2 Å². The van der Waals surface area contributed by atoms with E-state index in [0.717, 1.165) is 41.0 Å². The molecule has 8 nitrogen and oxygen atoms in total. The van der Waals surface area contributed by atoms with Crippen LogP contribution in [0.15, 0.2) is 77.0 Å². The molecule has 12 heteroatoms. The van der Waals surface area contributed by atoms with Crippen LogP contribution in [0.2, 0.25) is 0 Å². The molecule has 3 aromatic carbocycles. The van der Waals surface area contributed by atoms with Gasteiger partial charge in [0.1, 0.15) is 11.6 Å². The number of nitrogens with two attached hydrogens (primary N) is 1. The van der Waals surface area contributed by atoms with E-state index >= 15 is 4.39 Å². The van der Waals surface area contributed by atoms with Crippen molar-refractivity contribution in [2.24, 2.45) is 11.1 Å². The number of rotatable bonds is 9. The van der Waals surface area contributed by atoms with Crippen LogP contribution in [0.25, 0.3) is 27.5 Å². The van der Waals surface area contributed by atoms with E-state index in [1.54, 1.807) is 35.0 Å². The molecule has 1 aliphatic rings. The Bertz CT molecular complexity index is 1860. The number of benzene rings is 3. The van der Waals surface area contributed by atoms with Crippen molar-refractivity contribution in [3.05, 3.63) is 106 Å². The highest BCUT2D eigenvalue weighted by Gasteiger charge is 2.30. The number of nitrogens with zero attached hydrogens (tertiary/aromatic N) is 3. The van der Waals surface area contributed by atoms with Crippen LogP contribution in [0, 0.1) is 17.6 Å². The molecule has 0 bridgehead atoms. The fourth-order valence-corrected chi connectivity index (χ4v) is 6.18. The normalized spacial score (nSPS) is 14.6. The average Bonchev–Trinajstić information content (AvgIpc) is 3.51. The molecule has 0 aliphatic heterocycles. The molecule has 4 N–H and O–H groups in total. The first kappa shape index (κ1) is 28.0. The van der Waals surface area contributed by atoms with Crippen LogP contribution in [0.4, 0.5) is 8.78 Å². The Morgan fingerprint density at radius 2 is 1.83 bits per heavy atom. The Labute approximate surface area is 244 Å². The molecule has 0 saturated heterocycles. The SMILES string of the molecule is N[S+](=O)(O)c1ccc(Cc2c(-c3ccc(F)c(-c4cccc(F)c4)c3)nn(-c3nc(C(=O)O)cs3)c2CC2CC2)cc1. The van der Waals surface area contributed by atoms with E-state index in [0.29, 0.717) is 40.7 Å². The second-order valence-corrected chi connectivity index (χ2v) is 12.7. The topological polar surface area (TPSA) is 131 Å². The Morgan fingerprint density at radius 1 is 1.07 bits per heavy atom. The Balaban J connectivity index is 1.53. The average molecular weight is 608 g/mol. The van der Waals surface area contributed by atoms with Crippen LogP contribution in [-0.2, 0) is 27.5 Å². The van der Waals surface area contributed by atoms with Crippen LogP contribution >= 0.6 is 11.3 Å². The first-order valence-corrected chi connectivity index (χ1v) is 15.5. The van der Waals surface area contributed by atoms with Gasteiger partial charge in [-0.05, 0) is 83.0 Å². The van der Waals surface area contributed by atoms with E-state index < -0.39 is 28.0 Å². The first-order chi connectivity index (χ1) is 20.1. The van der Waals surface area contributed by atoms with E-state index in [-0.39, 0.29) is 16.2 Å². The highest BCUT2D eigenvalue weighted by molar-refractivity contribution is 7.95. The van der Waals surface area contributed by atoms with Crippen molar-refractivity contribution in [2.45, 2.75) is 30.6 Å². The number of aromatic carboxylic acids is 1. The van der Waals surface area contributed by atoms with E-state index in [9.17, 15) is 23.1 Å². The summed E-state index contributed by atoms with van der Waals surface area (Å²) < 4.78 is 52.4. The summed E-state index contributed by atoms with van der Waals surface area (Å²) in [5, 5.41) is 21.6. The van der Waals surface area contributed by atoms with Gasteiger partial charge in [0, 0.05) is 28.5 Å². The summed E-state index contributed by atoms with van der Waals surface area (Å²) in [5.74, 6) is -1.72. The number of carbonyl (C=O) groups is 1. The van der Waals surface area contributed by atoms with Crippen LogP contribution < -0.4 is 5.14 Å².